The van der Waals surface area contributed by atoms with Crippen LogP contribution in [0.2, 0.25) is 0 Å². The molecular formula is C11H14N4O3S2. The van der Waals surface area contributed by atoms with Gasteiger partial charge in [0.25, 0.3) is 5.91 Å². The van der Waals surface area contributed by atoms with Crippen molar-refractivity contribution in [2.24, 2.45) is 0 Å². The van der Waals surface area contributed by atoms with Crippen LogP contribution in [0.15, 0.2) is 22.5 Å². The highest BCUT2D eigenvalue weighted by Gasteiger charge is 2.21. The van der Waals surface area contributed by atoms with Crippen LogP contribution >= 0.6 is 11.3 Å². The Hall–Kier alpha value is -1.71. The average molecular weight is 314 g/mol. The fourth-order valence-corrected chi connectivity index (χ4v) is 3.02. The Bertz CT molecular complexity index is 730. The number of thiazole rings is 1. The van der Waals surface area contributed by atoms with Crippen molar-refractivity contribution in [1.29, 1.82) is 0 Å². The van der Waals surface area contributed by atoms with Gasteiger partial charge in [-0.25, -0.2) is 17.7 Å². The Kier molecular flexibility index (Phi) is 3.93. The number of sulfonamides is 1. The number of rotatable bonds is 4. The third-order valence-electron chi connectivity index (χ3n) is 2.52. The van der Waals surface area contributed by atoms with Crippen molar-refractivity contribution in [1.82, 2.24) is 14.3 Å². The van der Waals surface area contributed by atoms with Crippen LogP contribution in [0.1, 0.15) is 16.2 Å². The van der Waals surface area contributed by atoms with E-state index in [0.717, 1.165) is 10.00 Å². The van der Waals surface area contributed by atoms with Crippen molar-refractivity contribution in [2.75, 3.05) is 19.4 Å². The summed E-state index contributed by atoms with van der Waals surface area (Å²) < 4.78 is 24.9. The van der Waals surface area contributed by atoms with Gasteiger partial charge in [0, 0.05) is 25.7 Å². The van der Waals surface area contributed by atoms with Gasteiger partial charge in [-0.1, -0.05) is 0 Å². The first kappa shape index (κ1) is 14.7. The highest BCUT2D eigenvalue weighted by Crippen LogP contribution is 2.18. The van der Waals surface area contributed by atoms with E-state index < -0.39 is 15.9 Å². The van der Waals surface area contributed by atoms with Crippen LogP contribution in [0.3, 0.4) is 0 Å². The molecule has 0 fully saturated rings. The number of aromatic nitrogens is 2. The molecule has 1 amide bonds. The van der Waals surface area contributed by atoms with Gasteiger partial charge in [0.15, 0.2) is 5.13 Å². The van der Waals surface area contributed by atoms with Crippen LogP contribution in [0, 0.1) is 6.92 Å². The summed E-state index contributed by atoms with van der Waals surface area (Å²) in [7, 11) is -0.687. The zero-order valence-corrected chi connectivity index (χ0v) is 12.8. The zero-order chi connectivity index (χ0) is 14.9. The number of aromatic amines is 1. The quantitative estimate of drug-likeness (QED) is 0.888. The molecule has 0 bridgehead atoms. The van der Waals surface area contributed by atoms with Crippen LogP contribution in [-0.4, -0.2) is 42.7 Å². The largest absolute Gasteiger partial charge is 0.356 e. The zero-order valence-electron chi connectivity index (χ0n) is 11.2. The van der Waals surface area contributed by atoms with Gasteiger partial charge in [0.2, 0.25) is 10.0 Å². The van der Waals surface area contributed by atoms with Gasteiger partial charge in [-0.05, 0) is 13.0 Å². The molecule has 0 radical (unpaired) electrons. The molecule has 2 rings (SSSR count). The molecule has 0 saturated heterocycles. The number of nitrogens with one attached hydrogen (secondary N) is 2. The van der Waals surface area contributed by atoms with Crippen molar-refractivity contribution in [3.63, 3.8) is 0 Å². The normalized spacial score (nSPS) is 11.8. The van der Waals surface area contributed by atoms with E-state index in [2.05, 4.69) is 15.3 Å². The van der Waals surface area contributed by atoms with Gasteiger partial charge in [-0.15, -0.1) is 11.3 Å². The molecule has 0 aliphatic heterocycles. The predicted molar refractivity (Wildman–Crippen MR) is 76.5 cm³/mol. The summed E-state index contributed by atoms with van der Waals surface area (Å²) in [6.07, 6.45) is 1.29. The van der Waals surface area contributed by atoms with Crippen molar-refractivity contribution in [3.05, 3.63) is 29.0 Å². The molecule has 2 aromatic heterocycles. The van der Waals surface area contributed by atoms with Crippen molar-refractivity contribution in [2.45, 2.75) is 11.8 Å². The molecule has 0 spiro atoms. The molecule has 108 valence electrons. The minimum absolute atomic E-state index is 0.0444. The van der Waals surface area contributed by atoms with Gasteiger partial charge in [-0.2, -0.15) is 0 Å². The molecule has 2 N–H and O–H groups in total. The monoisotopic (exact) mass is 314 g/mol. The first-order valence-electron chi connectivity index (χ1n) is 5.65. The predicted octanol–water partition coefficient (Wildman–Crippen LogP) is 1.28. The van der Waals surface area contributed by atoms with Crippen molar-refractivity contribution >= 4 is 32.4 Å². The molecule has 2 heterocycles. The Balaban J connectivity index is 2.19. The molecule has 7 nitrogen and oxygen atoms in total. The second kappa shape index (κ2) is 5.35. The number of aryl methyl sites for hydroxylation is 1. The lowest BCUT2D eigenvalue weighted by molar-refractivity contribution is 0.102. The lowest BCUT2D eigenvalue weighted by atomic mass is 10.4. The SMILES string of the molecule is Cc1csc(NC(=O)c2cc(S(=O)(=O)N(C)C)c[nH]2)n1. The van der Waals surface area contributed by atoms with Gasteiger partial charge in [0.05, 0.1) is 5.69 Å². The number of amides is 1. The smallest absolute Gasteiger partial charge is 0.273 e. The van der Waals surface area contributed by atoms with Crippen LogP contribution < -0.4 is 5.32 Å². The molecule has 0 aromatic carbocycles. The summed E-state index contributed by atoms with van der Waals surface area (Å²) >= 11 is 1.31. The molecular weight excluding hydrogens is 300 g/mol. The van der Waals surface area contributed by atoms with E-state index in [0.29, 0.717) is 5.13 Å². The molecule has 20 heavy (non-hydrogen) atoms. The number of hydrogen-bond donors (Lipinski definition) is 2. The van der Waals surface area contributed by atoms with Gasteiger partial charge in [0.1, 0.15) is 10.6 Å². The van der Waals surface area contributed by atoms with E-state index >= 15 is 0 Å². The molecule has 0 unspecified atom stereocenters. The number of H-pyrrole nitrogens is 1. The van der Waals surface area contributed by atoms with Crippen LogP contribution in [0.5, 0.6) is 0 Å². The Morgan fingerprint density at radius 2 is 2.15 bits per heavy atom. The van der Waals surface area contributed by atoms with Crippen molar-refractivity contribution in [3.8, 4) is 0 Å². The maximum atomic E-state index is 11.9. The van der Waals surface area contributed by atoms with E-state index in [-0.39, 0.29) is 10.6 Å². The number of hydrogen-bond acceptors (Lipinski definition) is 5. The Labute approximate surface area is 120 Å². The molecule has 0 saturated carbocycles. The summed E-state index contributed by atoms with van der Waals surface area (Å²) in [5, 5.41) is 4.88. The van der Waals surface area contributed by atoms with E-state index in [1.165, 1.54) is 37.7 Å². The van der Waals surface area contributed by atoms with Crippen LogP contribution in [0.4, 0.5) is 5.13 Å². The second-order valence-electron chi connectivity index (χ2n) is 4.28. The number of carbonyl (C=O) groups is 1. The topological polar surface area (TPSA) is 95.2 Å². The molecule has 0 aliphatic rings. The van der Waals surface area contributed by atoms with Crippen LogP contribution in [0.25, 0.3) is 0 Å². The standard InChI is InChI=1S/C11H14N4O3S2/c1-7-6-19-11(13-7)14-10(16)9-4-8(5-12-9)20(17,18)15(2)3/h4-6,12H,1-3H3,(H,13,14,16). The lowest BCUT2D eigenvalue weighted by Crippen LogP contribution is -2.21. The van der Waals surface area contributed by atoms with E-state index in [1.807, 2.05) is 12.3 Å². The lowest BCUT2D eigenvalue weighted by Gasteiger charge is -2.08. The molecule has 9 heteroatoms. The molecule has 0 atom stereocenters. The fraction of sp³-hybridized carbons (Fsp3) is 0.273. The van der Waals surface area contributed by atoms with E-state index in [1.54, 1.807) is 0 Å². The van der Waals surface area contributed by atoms with Gasteiger partial charge >= 0.3 is 0 Å². The van der Waals surface area contributed by atoms with Crippen LogP contribution in [-0.2, 0) is 10.0 Å². The first-order chi connectivity index (χ1) is 9.30. The third-order valence-corrected chi connectivity index (χ3v) is 5.19. The average Bonchev–Trinajstić information content (AvgIpc) is 2.98. The summed E-state index contributed by atoms with van der Waals surface area (Å²) in [5.74, 6) is -0.431. The maximum Gasteiger partial charge on any atom is 0.273 e. The van der Waals surface area contributed by atoms with E-state index in [9.17, 15) is 13.2 Å². The Morgan fingerprint density at radius 1 is 1.45 bits per heavy atom. The maximum absolute atomic E-state index is 11.9. The summed E-state index contributed by atoms with van der Waals surface area (Å²) in [4.78, 5) is 18.8. The minimum atomic E-state index is -3.55. The fourth-order valence-electron chi connectivity index (χ4n) is 1.44. The summed E-state index contributed by atoms with van der Waals surface area (Å²) in [6.45, 7) is 1.82. The highest BCUT2D eigenvalue weighted by atomic mass is 32.2. The minimum Gasteiger partial charge on any atom is -0.356 e. The first-order valence-corrected chi connectivity index (χ1v) is 7.97. The molecule has 2 aromatic rings. The Morgan fingerprint density at radius 3 is 2.70 bits per heavy atom. The number of anilines is 1. The molecule has 0 aliphatic carbocycles. The number of carbonyl (C=O) groups excluding carboxylic acids is 1. The van der Waals surface area contributed by atoms with Gasteiger partial charge in [-0.3, -0.25) is 10.1 Å². The highest BCUT2D eigenvalue weighted by molar-refractivity contribution is 7.89. The van der Waals surface area contributed by atoms with E-state index in [4.69, 9.17) is 0 Å². The van der Waals surface area contributed by atoms with Crippen molar-refractivity contribution < 1.29 is 13.2 Å². The number of nitrogens with zero attached hydrogens (tertiary/aromatic N) is 2. The summed E-state index contributed by atoms with van der Waals surface area (Å²) in [6, 6.07) is 1.30. The third kappa shape index (κ3) is 2.89. The van der Waals surface area contributed by atoms with Gasteiger partial charge < -0.3 is 4.98 Å². The summed E-state index contributed by atoms with van der Waals surface area (Å²) in [5.41, 5.74) is 0.978. The second-order valence-corrected chi connectivity index (χ2v) is 7.29.